The van der Waals surface area contributed by atoms with Crippen LogP contribution in [-0.4, -0.2) is 28.4 Å². The Kier molecular flexibility index (Phi) is 4.05. The number of carbonyl (C=O) groups excluding carboxylic acids is 1. The molecule has 0 atom stereocenters. The quantitative estimate of drug-likeness (QED) is 0.622. The van der Waals surface area contributed by atoms with Crippen LogP contribution < -0.4 is 0 Å². The van der Waals surface area contributed by atoms with Crippen LogP contribution in [0.1, 0.15) is 36.0 Å². The molecular weight excluding hydrogens is 252 g/mol. The Hall–Kier alpha value is -2.03. The zero-order valence-corrected chi connectivity index (χ0v) is 10.3. The molecule has 1 aromatic rings. The molecule has 4 nitrogen and oxygen atoms in total. The average Bonchev–Trinajstić information content (AvgIpc) is 2.92. The molecule has 6 heteroatoms. The van der Waals surface area contributed by atoms with Gasteiger partial charge >= 0.3 is 0 Å². The summed E-state index contributed by atoms with van der Waals surface area (Å²) in [4.78, 5) is 16.7. The lowest BCUT2D eigenvalue weighted by molar-refractivity contribution is 0.0703. The highest BCUT2D eigenvalue weighted by Gasteiger charge is 2.29. The maximum atomic E-state index is 13.6. The standard InChI is InChI=1S/C13H13F2N3O/c14-11-10(5-7-17-12(11)15)13(19)18(8-6-16)9-3-1-2-4-9/h5,7,9H,1-4,8H2. The number of pyridine rings is 1. The second-order valence-electron chi connectivity index (χ2n) is 4.49. The number of amides is 1. The fraction of sp³-hybridized carbons (Fsp3) is 0.462. The molecule has 1 aliphatic carbocycles. The minimum Gasteiger partial charge on any atom is -0.322 e. The number of nitriles is 1. The van der Waals surface area contributed by atoms with E-state index in [0.29, 0.717) is 0 Å². The van der Waals surface area contributed by atoms with Crippen molar-refractivity contribution in [3.05, 3.63) is 29.6 Å². The fourth-order valence-electron chi connectivity index (χ4n) is 2.40. The number of hydrogen-bond donors (Lipinski definition) is 0. The Morgan fingerprint density at radius 3 is 2.79 bits per heavy atom. The van der Waals surface area contributed by atoms with Gasteiger partial charge in [0.1, 0.15) is 6.54 Å². The largest absolute Gasteiger partial charge is 0.322 e. The maximum Gasteiger partial charge on any atom is 0.258 e. The van der Waals surface area contributed by atoms with Crippen LogP contribution in [-0.2, 0) is 0 Å². The minimum absolute atomic E-state index is 0.0669. The van der Waals surface area contributed by atoms with Gasteiger partial charge in [-0.1, -0.05) is 12.8 Å². The summed E-state index contributed by atoms with van der Waals surface area (Å²) in [6, 6.07) is 2.97. The molecule has 1 aromatic heterocycles. The van der Waals surface area contributed by atoms with Crippen LogP contribution >= 0.6 is 0 Å². The number of hydrogen-bond acceptors (Lipinski definition) is 3. The van der Waals surface area contributed by atoms with Crippen LogP contribution in [0.15, 0.2) is 12.3 Å². The Bertz CT molecular complexity index is 521. The maximum absolute atomic E-state index is 13.6. The zero-order chi connectivity index (χ0) is 13.8. The van der Waals surface area contributed by atoms with E-state index in [1.807, 2.05) is 6.07 Å². The van der Waals surface area contributed by atoms with Crippen LogP contribution in [0.3, 0.4) is 0 Å². The van der Waals surface area contributed by atoms with Crippen molar-refractivity contribution in [2.45, 2.75) is 31.7 Å². The Morgan fingerprint density at radius 2 is 2.16 bits per heavy atom. The van der Waals surface area contributed by atoms with E-state index in [1.165, 1.54) is 4.90 Å². The third kappa shape index (κ3) is 2.70. The predicted molar refractivity (Wildman–Crippen MR) is 63.1 cm³/mol. The SMILES string of the molecule is N#CCN(C(=O)c1ccnc(F)c1F)C1CCCC1. The summed E-state index contributed by atoms with van der Waals surface area (Å²) in [5.41, 5.74) is -0.366. The van der Waals surface area contributed by atoms with Gasteiger partial charge in [-0.15, -0.1) is 0 Å². The van der Waals surface area contributed by atoms with E-state index in [9.17, 15) is 13.6 Å². The molecule has 1 saturated carbocycles. The van der Waals surface area contributed by atoms with Crippen LogP contribution in [0, 0.1) is 23.1 Å². The highest BCUT2D eigenvalue weighted by atomic mass is 19.2. The molecule has 0 bridgehead atoms. The van der Waals surface area contributed by atoms with Crippen molar-refractivity contribution in [3.63, 3.8) is 0 Å². The third-order valence-corrected chi connectivity index (χ3v) is 3.34. The van der Waals surface area contributed by atoms with E-state index in [-0.39, 0.29) is 18.2 Å². The zero-order valence-electron chi connectivity index (χ0n) is 10.3. The second-order valence-corrected chi connectivity index (χ2v) is 4.49. The smallest absolute Gasteiger partial charge is 0.258 e. The molecule has 1 fully saturated rings. The summed E-state index contributed by atoms with van der Waals surface area (Å²) in [6.07, 6.45) is 4.59. The summed E-state index contributed by atoms with van der Waals surface area (Å²) in [5.74, 6) is -3.20. The molecule has 0 radical (unpaired) electrons. The lowest BCUT2D eigenvalue weighted by atomic mass is 10.1. The summed E-state index contributed by atoms with van der Waals surface area (Å²) in [5, 5.41) is 8.79. The molecule has 0 N–H and O–H groups in total. The van der Waals surface area contributed by atoms with Crippen LogP contribution in [0.25, 0.3) is 0 Å². The first-order valence-corrected chi connectivity index (χ1v) is 6.13. The van der Waals surface area contributed by atoms with Crippen molar-refractivity contribution >= 4 is 5.91 Å². The van der Waals surface area contributed by atoms with Gasteiger partial charge in [0.15, 0.2) is 5.82 Å². The molecule has 0 unspecified atom stereocenters. The summed E-state index contributed by atoms with van der Waals surface area (Å²) in [6.45, 7) is -0.118. The van der Waals surface area contributed by atoms with E-state index in [0.717, 1.165) is 37.9 Å². The first kappa shape index (κ1) is 13.4. The van der Waals surface area contributed by atoms with Gasteiger partial charge in [0.25, 0.3) is 5.91 Å². The van der Waals surface area contributed by atoms with E-state index in [4.69, 9.17) is 5.26 Å². The summed E-state index contributed by atoms with van der Waals surface area (Å²) in [7, 11) is 0. The molecule has 2 rings (SSSR count). The van der Waals surface area contributed by atoms with Crippen LogP contribution in [0.2, 0.25) is 0 Å². The minimum atomic E-state index is -1.30. The molecule has 0 saturated heterocycles. The Balaban J connectivity index is 2.28. The monoisotopic (exact) mass is 265 g/mol. The molecule has 0 aromatic carbocycles. The van der Waals surface area contributed by atoms with Crippen molar-refractivity contribution in [1.29, 1.82) is 5.26 Å². The van der Waals surface area contributed by atoms with Crippen LogP contribution in [0.5, 0.6) is 0 Å². The van der Waals surface area contributed by atoms with Gasteiger partial charge in [0.2, 0.25) is 5.95 Å². The number of aromatic nitrogens is 1. The fourth-order valence-corrected chi connectivity index (χ4v) is 2.40. The van der Waals surface area contributed by atoms with Crippen molar-refractivity contribution < 1.29 is 13.6 Å². The number of halogens is 2. The van der Waals surface area contributed by atoms with Gasteiger partial charge in [0.05, 0.1) is 11.6 Å². The van der Waals surface area contributed by atoms with E-state index < -0.39 is 17.7 Å². The molecular formula is C13H13F2N3O. The van der Waals surface area contributed by atoms with Gasteiger partial charge in [0, 0.05) is 12.2 Å². The van der Waals surface area contributed by atoms with Gasteiger partial charge in [-0.3, -0.25) is 4.79 Å². The number of carbonyl (C=O) groups is 1. The Morgan fingerprint density at radius 1 is 1.47 bits per heavy atom. The molecule has 0 spiro atoms. The molecule has 1 aliphatic rings. The van der Waals surface area contributed by atoms with Crippen LogP contribution in [0.4, 0.5) is 8.78 Å². The van der Waals surface area contributed by atoms with Crippen molar-refractivity contribution in [3.8, 4) is 6.07 Å². The first-order chi connectivity index (χ1) is 9.15. The molecule has 1 amide bonds. The average molecular weight is 265 g/mol. The van der Waals surface area contributed by atoms with Crippen molar-refractivity contribution in [2.24, 2.45) is 0 Å². The molecule has 19 heavy (non-hydrogen) atoms. The van der Waals surface area contributed by atoms with E-state index >= 15 is 0 Å². The van der Waals surface area contributed by atoms with Crippen molar-refractivity contribution in [1.82, 2.24) is 9.88 Å². The number of rotatable bonds is 3. The second kappa shape index (κ2) is 5.74. The normalized spacial score (nSPS) is 15.2. The van der Waals surface area contributed by atoms with E-state index in [1.54, 1.807) is 0 Å². The lowest BCUT2D eigenvalue weighted by Gasteiger charge is -2.26. The van der Waals surface area contributed by atoms with E-state index in [2.05, 4.69) is 4.98 Å². The van der Waals surface area contributed by atoms with Gasteiger partial charge in [-0.25, -0.2) is 9.37 Å². The summed E-state index contributed by atoms with van der Waals surface area (Å²) < 4.78 is 26.6. The number of nitrogens with zero attached hydrogens (tertiary/aromatic N) is 3. The lowest BCUT2D eigenvalue weighted by Crippen LogP contribution is -2.39. The van der Waals surface area contributed by atoms with Gasteiger partial charge < -0.3 is 4.90 Å². The third-order valence-electron chi connectivity index (χ3n) is 3.34. The first-order valence-electron chi connectivity index (χ1n) is 6.13. The predicted octanol–water partition coefficient (Wildman–Crippen LogP) is 2.27. The molecule has 100 valence electrons. The van der Waals surface area contributed by atoms with Crippen molar-refractivity contribution in [2.75, 3.05) is 6.54 Å². The Labute approximate surface area is 109 Å². The highest BCUT2D eigenvalue weighted by molar-refractivity contribution is 5.94. The molecule has 1 heterocycles. The summed E-state index contributed by atoms with van der Waals surface area (Å²) >= 11 is 0. The topological polar surface area (TPSA) is 57.0 Å². The molecule has 0 aliphatic heterocycles. The van der Waals surface area contributed by atoms with Gasteiger partial charge in [-0.05, 0) is 18.9 Å². The van der Waals surface area contributed by atoms with Gasteiger partial charge in [-0.2, -0.15) is 9.65 Å². The highest BCUT2D eigenvalue weighted by Crippen LogP contribution is 2.25.